The van der Waals surface area contributed by atoms with Crippen LogP contribution in [0.15, 0.2) is 118 Å². The molecule has 0 fully saturated rings. The molecule has 0 radical (unpaired) electrons. The first-order valence-corrected chi connectivity index (χ1v) is 10.6. The summed E-state index contributed by atoms with van der Waals surface area (Å²) in [5.41, 5.74) is 5.03. The lowest BCUT2D eigenvalue weighted by atomic mass is 10.1. The van der Waals surface area contributed by atoms with E-state index in [1.807, 2.05) is 12.1 Å². The van der Waals surface area contributed by atoms with Crippen LogP contribution in [0.2, 0.25) is 0 Å². The first-order valence-electron chi connectivity index (χ1n) is 8.99. The minimum atomic E-state index is -1.83. The van der Waals surface area contributed by atoms with Crippen LogP contribution in [0.1, 0.15) is 0 Å². The summed E-state index contributed by atoms with van der Waals surface area (Å²) in [5.74, 6) is 0. The molecule has 0 saturated carbocycles. The standard InChI is InChI=1S/2C12H9Br.CH2O3/c2*13-12-8-6-11(7-9-12)10-4-2-1-3-5-10;2-1(3)4/h2*1-9H;(H2,2,3,4). The summed E-state index contributed by atoms with van der Waals surface area (Å²) in [7, 11) is 0. The second kappa shape index (κ2) is 12.6. The van der Waals surface area contributed by atoms with Gasteiger partial charge in [-0.3, -0.25) is 0 Å². The number of hydrogen-bond acceptors (Lipinski definition) is 1. The van der Waals surface area contributed by atoms with Gasteiger partial charge in [-0.25, -0.2) is 4.79 Å². The van der Waals surface area contributed by atoms with E-state index in [2.05, 4.69) is 129 Å². The highest BCUT2D eigenvalue weighted by molar-refractivity contribution is 9.10. The van der Waals surface area contributed by atoms with E-state index >= 15 is 0 Å². The van der Waals surface area contributed by atoms with Gasteiger partial charge in [-0.1, -0.05) is 117 Å². The molecule has 0 aromatic heterocycles. The van der Waals surface area contributed by atoms with Gasteiger partial charge in [0.25, 0.3) is 0 Å². The molecule has 0 aliphatic carbocycles. The van der Waals surface area contributed by atoms with E-state index < -0.39 is 6.16 Å². The maximum absolute atomic E-state index is 8.56. The zero-order chi connectivity index (χ0) is 21.8. The van der Waals surface area contributed by atoms with Crippen LogP contribution in [-0.4, -0.2) is 16.4 Å². The number of benzene rings is 4. The third kappa shape index (κ3) is 8.64. The Morgan fingerprint density at radius 2 is 0.700 bits per heavy atom. The van der Waals surface area contributed by atoms with E-state index in [1.54, 1.807) is 0 Å². The second-order valence-corrected chi connectivity index (χ2v) is 7.86. The third-order valence-electron chi connectivity index (χ3n) is 3.90. The Hall–Kier alpha value is -2.89. The Labute approximate surface area is 192 Å². The Morgan fingerprint density at radius 1 is 0.467 bits per heavy atom. The zero-order valence-corrected chi connectivity index (χ0v) is 19.1. The molecule has 0 amide bonds. The summed E-state index contributed by atoms with van der Waals surface area (Å²) in [6.45, 7) is 0. The zero-order valence-electron chi connectivity index (χ0n) is 16.0. The molecule has 0 bridgehead atoms. The molecule has 152 valence electrons. The SMILES string of the molecule is Brc1ccc(-c2ccccc2)cc1.Brc1ccc(-c2ccccc2)cc1.O=C(O)O. The molecule has 4 aromatic rings. The van der Waals surface area contributed by atoms with E-state index in [9.17, 15) is 0 Å². The summed E-state index contributed by atoms with van der Waals surface area (Å²) in [6, 6.07) is 37.4. The molecule has 4 rings (SSSR count). The summed E-state index contributed by atoms with van der Waals surface area (Å²) in [4.78, 5) is 8.56. The van der Waals surface area contributed by atoms with Gasteiger partial charge in [0.1, 0.15) is 0 Å². The molecule has 30 heavy (non-hydrogen) atoms. The smallest absolute Gasteiger partial charge is 0.450 e. The molecule has 0 spiro atoms. The summed E-state index contributed by atoms with van der Waals surface area (Å²) >= 11 is 6.84. The van der Waals surface area contributed by atoms with Gasteiger partial charge in [0.05, 0.1) is 0 Å². The maximum Gasteiger partial charge on any atom is 0.503 e. The minimum Gasteiger partial charge on any atom is -0.450 e. The highest BCUT2D eigenvalue weighted by Crippen LogP contribution is 2.21. The van der Waals surface area contributed by atoms with Crippen molar-refractivity contribution < 1.29 is 15.0 Å². The second-order valence-electron chi connectivity index (χ2n) is 6.03. The molecule has 0 heterocycles. The van der Waals surface area contributed by atoms with Crippen molar-refractivity contribution in [3.8, 4) is 22.3 Å². The van der Waals surface area contributed by atoms with Crippen molar-refractivity contribution >= 4 is 38.0 Å². The van der Waals surface area contributed by atoms with E-state index in [0.29, 0.717) is 0 Å². The molecule has 5 heteroatoms. The quantitative estimate of drug-likeness (QED) is 0.275. The van der Waals surface area contributed by atoms with Crippen LogP contribution in [0.25, 0.3) is 22.3 Å². The van der Waals surface area contributed by atoms with E-state index in [0.717, 1.165) is 8.95 Å². The largest absolute Gasteiger partial charge is 0.503 e. The first-order chi connectivity index (χ1) is 14.5. The monoisotopic (exact) mass is 526 g/mol. The highest BCUT2D eigenvalue weighted by atomic mass is 79.9. The van der Waals surface area contributed by atoms with E-state index in [4.69, 9.17) is 15.0 Å². The van der Waals surface area contributed by atoms with Crippen LogP contribution in [-0.2, 0) is 0 Å². The summed E-state index contributed by atoms with van der Waals surface area (Å²) in [5, 5.41) is 13.9. The number of hydrogen-bond donors (Lipinski definition) is 2. The number of rotatable bonds is 2. The van der Waals surface area contributed by atoms with Gasteiger partial charge in [0, 0.05) is 8.95 Å². The lowest BCUT2D eigenvalue weighted by Crippen LogP contribution is -1.81. The van der Waals surface area contributed by atoms with Crippen molar-refractivity contribution in [1.82, 2.24) is 0 Å². The normalized spacial score (nSPS) is 9.40. The van der Waals surface area contributed by atoms with Crippen LogP contribution < -0.4 is 0 Å². The molecule has 0 aliphatic heterocycles. The van der Waals surface area contributed by atoms with Crippen molar-refractivity contribution in [2.45, 2.75) is 0 Å². The Kier molecular flexibility index (Phi) is 9.84. The first kappa shape index (κ1) is 23.4. The number of halogens is 2. The van der Waals surface area contributed by atoms with Crippen LogP contribution in [0.4, 0.5) is 4.79 Å². The van der Waals surface area contributed by atoms with Crippen molar-refractivity contribution in [2.24, 2.45) is 0 Å². The van der Waals surface area contributed by atoms with Crippen molar-refractivity contribution in [1.29, 1.82) is 0 Å². The van der Waals surface area contributed by atoms with Crippen LogP contribution in [0.5, 0.6) is 0 Å². The van der Waals surface area contributed by atoms with E-state index in [-0.39, 0.29) is 0 Å². The molecular weight excluding hydrogens is 508 g/mol. The van der Waals surface area contributed by atoms with Crippen molar-refractivity contribution in [2.75, 3.05) is 0 Å². The molecule has 0 aliphatic rings. The van der Waals surface area contributed by atoms with Gasteiger partial charge in [-0.15, -0.1) is 0 Å². The average molecular weight is 528 g/mol. The Bertz CT molecular complexity index is 932. The predicted molar refractivity (Wildman–Crippen MR) is 130 cm³/mol. The van der Waals surface area contributed by atoms with Crippen LogP contribution >= 0.6 is 31.9 Å². The van der Waals surface area contributed by atoms with E-state index in [1.165, 1.54) is 22.3 Å². The lowest BCUT2D eigenvalue weighted by Gasteiger charge is -2.00. The number of carbonyl (C=O) groups is 1. The summed E-state index contributed by atoms with van der Waals surface area (Å²) in [6.07, 6.45) is -1.83. The molecular formula is C25H20Br2O3. The predicted octanol–water partition coefficient (Wildman–Crippen LogP) is 8.45. The highest BCUT2D eigenvalue weighted by Gasteiger charge is 1.95. The van der Waals surface area contributed by atoms with Crippen LogP contribution in [0, 0.1) is 0 Å². The molecule has 3 nitrogen and oxygen atoms in total. The molecule has 0 saturated heterocycles. The van der Waals surface area contributed by atoms with Gasteiger partial charge in [0.2, 0.25) is 0 Å². The van der Waals surface area contributed by atoms with Crippen LogP contribution in [0.3, 0.4) is 0 Å². The van der Waals surface area contributed by atoms with Crippen molar-refractivity contribution in [3.63, 3.8) is 0 Å². The fourth-order valence-corrected chi connectivity index (χ4v) is 3.07. The summed E-state index contributed by atoms with van der Waals surface area (Å²) < 4.78 is 2.24. The van der Waals surface area contributed by atoms with Gasteiger partial charge >= 0.3 is 6.16 Å². The molecule has 4 aromatic carbocycles. The lowest BCUT2D eigenvalue weighted by molar-refractivity contribution is 0.137. The maximum atomic E-state index is 8.56. The van der Waals surface area contributed by atoms with Crippen molar-refractivity contribution in [3.05, 3.63) is 118 Å². The molecule has 0 unspecified atom stereocenters. The third-order valence-corrected chi connectivity index (χ3v) is 4.96. The Morgan fingerprint density at radius 3 is 0.967 bits per heavy atom. The molecule has 2 N–H and O–H groups in total. The molecule has 0 atom stereocenters. The van der Waals surface area contributed by atoms with Gasteiger partial charge < -0.3 is 10.2 Å². The van der Waals surface area contributed by atoms with Gasteiger partial charge in [-0.2, -0.15) is 0 Å². The topological polar surface area (TPSA) is 57.5 Å². The Balaban J connectivity index is 0.000000182. The van der Waals surface area contributed by atoms with Gasteiger partial charge in [-0.05, 0) is 46.5 Å². The minimum absolute atomic E-state index is 1.12. The fourth-order valence-electron chi connectivity index (χ4n) is 2.55. The van der Waals surface area contributed by atoms with Gasteiger partial charge in [0.15, 0.2) is 0 Å². The fraction of sp³-hybridized carbons (Fsp3) is 0. The number of carboxylic acid groups (broad SMARTS) is 2. The average Bonchev–Trinajstić information content (AvgIpc) is 2.76.